The van der Waals surface area contributed by atoms with Gasteiger partial charge in [-0.15, -0.1) is 0 Å². The summed E-state index contributed by atoms with van der Waals surface area (Å²) in [7, 11) is 0. The van der Waals surface area contributed by atoms with Crippen LogP contribution in [-0.2, 0) is 0 Å². The Labute approximate surface area is 129 Å². The largest absolute Gasteiger partial charge is 0.388 e. The van der Waals surface area contributed by atoms with Crippen molar-refractivity contribution in [1.29, 1.82) is 0 Å². The Bertz CT molecular complexity index is 439. The van der Waals surface area contributed by atoms with Gasteiger partial charge < -0.3 is 10.0 Å². The zero-order valence-electron chi connectivity index (χ0n) is 13.3. The minimum absolute atomic E-state index is 0.311. The Hall–Kier alpha value is -0.860. The smallest absolute Gasteiger partial charge is 0.0802 e. The first-order valence-electron chi connectivity index (χ1n) is 8.73. The Balaban J connectivity index is 1.55. The number of hydrogen-bond donors (Lipinski definition) is 1. The van der Waals surface area contributed by atoms with Crippen LogP contribution in [0.5, 0.6) is 0 Å². The molecule has 1 aromatic rings. The molecule has 2 fully saturated rings. The van der Waals surface area contributed by atoms with Gasteiger partial charge in [-0.2, -0.15) is 0 Å². The first kappa shape index (κ1) is 15.1. The van der Waals surface area contributed by atoms with Gasteiger partial charge in [0.15, 0.2) is 0 Å². The van der Waals surface area contributed by atoms with E-state index in [4.69, 9.17) is 0 Å². The summed E-state index contributed by atoms with van der Waals surface area (Å²) in [5.41, 5.74) is 2.32. The van der Waals surface area contributed by atoms with E-state index in [9.17, 15) is 5.11 Å². The average Bonchev–Trinajstić information content (AvgIpc) is 2.53. The molecule has 21 heavy (non-hydrogen) atoms. The van der Waals surface area contributed by atoms with E-state index in [1.807, 2.05) is 0 Å². The molecule has 1 aromatic carbocycles. The number of hydrogen-bond acceptors (Lipinski definition) is 2. The predicted molar refractivity (Wildman–Crippen MR) is 87.3 cm³/mol. The van der Waals surface area contributed by atoms with E-state index >= 15 is 0 Å². The van der Waals surface area contributed by atoms with E-state index < -0.39 is 0 Å². The van der Waals surface area contributed by atoms with E-state index in [0.29, 0.717) is 0 Å². The zero-order valence-corrected chi connectivity index (χ0v) is 13.3. The third-order valence-electron chi connectivity index (χ3n) is 5.51. The molecule has 116 valence electrons. The van der Waals surface area contributed by atoms with E-state index in [1.54, 1.807) is 0 Å². The van der Waals surface area contributed by atoms with Gasteiger partial charge in [-0.3, -0.25) is 0 Å². The summed E-state index contributed by atoms with van der Waals surface area (Å²) < 4.78 is 0. The van der Waals surface area contributed by atoms with Crippen molar-refractivity contribution in [3.8, 4) is 0 Å². The van der Waals surface area contributed by atoms with E-state index in [2.05, 4.69) is 36.1 Å². The first-order valence-corrected chi connectivity index (χ1v) is 8.73. The third-order valence-corrected chi connectivity index (χ3v) is 5.51. The van der Waals surface area contributed by atoms with Gasteiger partial charge in [0.05, 0.1) is 6.10 Å². The summed E-state index contributed by atoms with van der Waals surface area (Å²) in [4.78, 5) is 2.67. The number of piperidine rings is 1. The molecule has 0 radical (unpaired) electrons. The fourth-order valence-electron chi connectivity index (χ4n) is 4.25. The fraction of sp³-hybridized carbons (Fsp3) is 0.684. The minimum atomic E-state index is -0.311. The lowest BCUT2D eigenvalue weighted by Crippen LogP contribution is -2.47. The molecule has 0 spiro atoms. The Morgan fingerprint density at radius 3 is 2.62 bits per heavy atom. The van der Waals surface area contributed by atoms with Crippen LogP contribution in [0.4, 0.5) is 0 Å². The van der Waals surface area contributed by atoms with Crippen LogP contribution < -0.4 is 0 Å². The molecule has 3 atom stereocenters. The molecule has 1 saturated heterocycles. The molecule has 1 unspecified atom stereocenters. The Morgan fingerprint density at radius 1 is 1.10 bits per heavy atom. The van der Waals surface area contributed by atoms with Gasteiger partial charge in [0.2, 0.25) is 0 Å². The van der Waals surface area contributed by atoms with E-state index in [0.717, 1.165) is 30.5 Å². The van der Waals surface area contributed by atoms with Crippen LogP contribution >= 0.6 is 0 Å². The van der Waals surface area contributed by atoms with Gasteiger partial charge in [-0.05, 0) is 57.1 Å². The van der Waals surface area contributed by atoms with E-state index in [-0.39, 0.29) is 6.10 Å². The highest BCUT2D eigenvalue weighted by molar-refractivity contribution is 5.23. The second-order valence-corrected chi connectivity index (χ2v) is 7.01. The van der Waals surface area contributed by atoms with Gasteiger partial charge in [0.1, 0.15) is 0 Å². The molecule has 0 aromatic heterocycles. The highest BCUT2D eigenvalue weighted by Crippen LogP contribution is 2.35. The topological polar surface area (TPSA) is 23.5 Å². The molecule has 0 bridgehead atoms. The number of benzene rings is 1. The standard InChI is InChI=1S/C19H29NO/c1-15-8-10-17(11-9-15)19(21)12-14-20-13-4-6-16-5-2-3-7-18(16)20/h8-11,16,18-19,21H,2-7,12-14H2,1H3/t16-,18-,19?/m1/s1. The maximum absolute atomic E-state index is 10.4. The summed E-state index contributed by atoms with van der Waals surface area (Å²) in [6.07, 6.45) is 8.98. The molecular weight excluding hydrogens is 258 g/mol. The molecule has 0 amide bonds. The number of aliphatic hydroxyl groups excluding tert-OH is 1. The van der Waals surface area contributed by atoms with Crippen LogP contribution in [0.2, 0.25) is 0 Å². The molecule has 1 saturated carbocycles. The van der Waals surface area contributed by atoms with Gasteiger partial charge in [-0.25, -0.2) is 0 Å². The number of aliphatic hydroxyl groups is 1. The molecule has 2 aliphatic rings. The zero-order chi connectivity index (χ0) is 14.7. The Kier molecular flexibility index (Phi) is 4.97. The molecule has 2 nitrogen and oxygen atoms in total. The third kappa shape index (κ3) is 3.67. The number of fused-ring (bicyclic) bond motifs is 1. The van der Waals surface area contributed by atoms with Crippen LogP contribution in [0.3, 0.4) is 0 Å². The van der Waals surface area contributed by atoms with Crippen molar-refractivity contribution < 1.29 is 5.11 Å². The van der Waals surface area contributed by atoms with E-state index in [1.165, 1.54) is 50.6 Å². The van der Waals surface area contributed by atoms with Crippen molar-refractivity contribution in [3.63, 3.8) is 0 Å². The number of nitrogens with zero attached hydrogens (tertiary/aromatic N) is 1. The van der Waals surface area contributed by atoms with Crippen LogP contribution in [-0.4, -0.2) is 29.1 Å². The second kappa shape index (κ2) is 6.93. The molecule has 1 N–H and O–H groups in total. The fourth-order valence-corrected chi connectivity index (χ4v) is 4.25. The van der Waals surface area contributed by atoms with Crippen LogP contribution in [0, 0.1) is 12.8 Å². The molecule has 3 rings (SSSR count). The normalized spacial score (nSPS) is 28.1. The predicted octanol–water partition coefficient (Wildman–Crippen LogP) is 4.07. The van der Waals surface area contributed by atoms with Crippen molar-refractivity contribution in [1.82, 2.24) is 4.90 Å². The summed E-state index contributed by atoms with van der Waals surface area (Å²) in [5.74, 6) is 0.934. The van der Waals surface area contributed by atoms with Crippen molar-refractivity contribution in [3.05, 3.63) is 35.4 Å². The number of rotatable bonds is 4. The SMILES string of the molecule is Cc1ccc(C(O)CCN2CCC[C@H]3CCCC[C@H]32)cc1. The van der Waals surface area contributed by atoms with Gasteiger partial charge in [0, 0.05) is 12.6 Å². The maximum Gasteiger partial charge on any atom is 0.0802 e. The molecule has 1 heterocycles. The second-order valence-electron chi connectivity index (χ2n) is 7.01. The summed E-state index contributed by atoms with van der Waals surface area (Å²) >= 11 is 0. The summed E-state index contributed by atoms with van der Waals surface area (Å²) in [6, 6.07) is 9.13. The summed E-state index contributed by atoms with van der Waals surface area (Å²) in [5, 5.41) is 10.4. The molecule has 1 aliphatic carbocycles. The molecule has 1 aliphatic heterocycles. The lowest BCUT2D eigenvalue weighted by Gasteiger charge is -2.44. The van der Waals surface area contributed by atoms with Gasteiger partial charge in [0.25, 0.3) is 0 Å². The number of aryl methyl sites for hydroxylation is 1. The van der Waals surface area contributed by atoms with Crippen molar-refractivity contribution in [2.45, 2.75) is 64.0 Å². The average molecular weight is 287 g/mol. The van der Waals surface area contributed by atoms with Gasteiger partial charge >= 0.3 is 0 Å². The lowest BCUT2D eigenvalue weighted by atomic mass is 9.78. The quantitative estimate of drug-likeness (QED) is 0.902. The highest BCUT2D eigenvalue weighted by atomic mass is 16.3. The van der Waals surface area contributed by atoms with Crippen molar-refractivity contribution in [2.75, 3.05) is 13.1 Å². The Morgan fingerprint density at radius 2 is 1.81 bits per heavy atom. The van der Waals surface area contributed by atoms with Gasteiger partial charge in [-0.1, -0.05) is 42.7 Å². The molecular formula is C19H29NO. The monoisotopic (exact) mass is 287 g/mol. The maximum atomic E-state index is 10.4. The first-order chi connectivity index (χ1) is 10.2. The number of likely N-dealkylation sites (tertiary alicyclic amines) is 1. The van der Waals surface area contributed by atoms with Crippen LogP contribution in [0.25, 0.3) is 0 Å². The van der Waals surface area contributed by atoms with Crippen molar-refractivity contribution >= 4 is 0 Å². The van der Waals surface area contributed by atoms with Crippen molar-refractivity contribution in [2.24, 2.45) is 5.92 Å². The minimum Gasteiger partial charge on any atom is -0.388 e. The highest BCUT2D eigenvalue weighted by Gasteiger charge is 2.32. The van der Waals surface area contributed by atoms with Crippen LogP contribution in [0.15, 0.2) is 24.3 Å². The van der Waals surface area contributed by atoms with Crippen LogP contribution in [0.1, 0.15) is 62.2 Å². The summed E-state index contributed by atoms with van der Waals surface area (Å²) in [6.45, 7) is 4.38. The lowest BCUT2D eigenvalue weighted by molar-refractivity contribution is 0.0456. The molecule has 2 heteroatoms.